The summed E-state index contributed by atoms with van der Waals surface area (Å²) in [5, 5.41) is 0. The Labute approximate surface area is 112 Å². The number of nitrogen functional groups attached to an aromatic ring is 1. The van der Waals surface area contributed by atoms with E-state index in [0.29, 0.717) is 12.6 Å². The molecule has 2 atom stereocenters. The zero-order valence-electron chi connectivity index (χ0n) is 11.4. The van der Waals surface area contributed by atoms with Gasteiger partial charge in [0.15, 0.2) is 5.76 Å². The van der Waals surface area contributed by atoms with Crippen molar-refractivity contribution in [3.8, 4) is 0 Å². The number of hydrogen-bond donors (Lipinski definition) is 2. The minimum absolute atomic E-state index is 0.226. The number of ether oxygens (including phenoxy) is 1. The molecule has 1 aliphatic heterocycles. The minimum Gasteiger partial charge on any atom is -0.455 e. The van der Waals surface area contributed by atoms with E-state index in [1.807, 2.05) is 6.07 Å². The van der Waals surface area contributed by atoms with E-state index in [2.05, 4.69) is 24.2 Å². The van der Waals surface area contributed by atoms with Crippen LogP contribution in [-0.4, -0.2) is 36.1 Å². The lowest BCUT2D eigenvalue weighted by Crippen LogP contribution is -2.47. The summed E-state index contributed by atoms with van der Waals surface area (Å²) in [5.41, 5.74) is 2.06. The van der Waals surface area contributed by atoms with Crippen LogP contribution in [0.5, 0.6) is 0 Å². The molecule has 2 rings (SSSR count). The van der Waals surface area contributed by atoms with E-state index in [1.165, 1.54) is 0 Å². The summed E-state index contributed by atoms with van der Waals surface area (Å²) in [5.74, 6) is 5.68. The molecule has 0 spiro atoms. The highest BCUT2D eigenvalue weighted by Gasteiger charge is 2.26. The van der Waals surface area contributed by atoms with E-state index < -0.39 is 5.91 Å². The number of hydrazine groups is 1. The van der Waals surface area contributed by atoms with E-state index in [-0.39, 0.29) is 11.9 Å². The molecule has 2 heterocycles. The van der Waals surface area contributed by atoms with Crippen LogP contribution in [0.25, 0.3) is 0 Å². The maximum atomic E-state index is 11.3. The molecule has 0 aliphatic carbocycles. The van der Waals surface area contributed by atoms with Crippen molar-refractivity contribution < 1.29 is 13.9 Å². The third-order valence-corrected chi connectivity index (χ3v) is 3.43. The normalized spacial score (nSPS) is 24.4. The van der Waals surface area contributed by atoms with Crippen molar-refractivity contribution in [1.29, 1.82) is 0 Å². The lowest BCUT2D eigenvalue weighted by Gasteiger charge is -2.37. The van der Waals surface area contributed by atoms with E-state index in [9.17, 15) is 4.79 Å². The minimum atomic E-state index is -0.409. The molecule has 1 aliphatic rings. The standard InChI is InChI=1S/C13H21N3O3/c1-3-10-8-18-9(2)6-16(10)7-11-4-5-12(19-11)13(17)15-14/h4-5,9-10H,3,6-8,14H2,1-2H3,(H,15,17). The number of nitrogens with zero attached hydrogens (tertiary/aromatic N) is 1. The number of rotatable bonds is 4. The van der Waals surface area contributed by atoms with Gasteiger partial charge in [-0.15, -0.1) is 0 Å². The predicted molar refractivity (Wildman–Crippen MR) is 70.3 cm³/mol. The Morgan fingerprint density at radius 2 is 2.37 bits per heavy atom. The Hall–Kier alpha value is -1.37. The average Bonchev–Trinajstić information content (AvgIpc) is 2.86. The van der Waals surface area contributed by atoms with Crippen molar-refractivity contribution in [2.24, 2.45) is 5.84 Å². The molecule has 2 unspecified atom stereocenters. The number of furan rings is 1. The lowest BCUT2D eigenvalue weighted by molar-refractivity contribution is -0.0611. The molecule has 1 aromatic rings. The van der Waals surface area contributed by atoms with Crippen molar-refractivity contribution in [2.45, 2.75) is 39.0 Å². The first-order valence-electron chi connectivity index (χ1n) is 6.59. The van der Waals surface area contributed by atoms with E-state index in [1.54, 1.807) is 6.07 Å². The number of carbonyl (C=O) groups is 1. The van der Waals surface area contributed by atoms with Gasteiger partial charge in [0.05, 0.1) is 19.3 Å². The zero-order valence-corrected chi connectivity index (χ0v) is 11.4. The molecule has 1 fully saturated rings. The van der Waals surface area contributed by atoms with Gasteiger partial charge in [-0.2, -0.15) is 0 Å². The van der Waals surface area contributed by atoms with E-state index >= 15 is 0 Å². The van der Waals surface area contributed by atoms with Gasteiger partial charge in [0.25, 0.3) is 0 Å². The summed E-state index contributed by atoms with van der Waals surface area (Å²) in [4.78, 5) is 13.7. The molecule has 106 valence electrons. The van der Waals surface area contributed by atoms with Crippen LogP contribution >= 0.6 is 0 Å². The van der Waals surface area contributed by atoms with Gasteiger partial charge in [-0.05, 0) is 25.5 Å². The summed E-state index contributed by atoms with van der Waals surface area (Å²) in [7, 11) is 0. The Bertz CT molecular complexity index is 433. The Morgan fingerprint density at radius 3 is 3.05 bits per heavy atom. The monoisotopic (exact) mass is 267 g/mol. The molecule has 6 heteroatoms. The van der Waals surface area contributed by atoms with Crippen LogP contribution < -0.4 is 11.3 Å². The molecule has 1 aromatic heterocycles. The second kappa shape index (κ2) is 6.18. The van der Waals surface area contributed by atoms with Crippen LogP contribution in [0.2, 0.25) is 0 Å². The number of hydrogen-bond acceptors (Lipinski definition) is 5. The van der Waals surface area contributed by atoms with Crippen molar-refractivity contribution in [1.82, 2.24) is 10.3 Å². The van der Waals surface area contributed by atoms with Crippen molar-refractivity contribution in [2.75, 3.05) is 13.2 Å². The zero-order chi connectivity index (χ0) is 13.8. The van der Waals surface area contributed by atoms with Gasteiger partial charge in [0.1, 0.15) is 5.76 Å². The van der Waals surface area contributed by atoms with Gasteiger partial charge in [-0.25, -0.2) is 5.84 Å². The van der Waals surface area contributed by atoms with E-state index in [4.69, 9.17) is 15.0 Å². The van der Waals surface area contributed by atoms with Crippen LogP contribution in [0.3, 0.4) is 0 Å². The molecular formula is C13H21N3O3. The second-order valence-corrected chi connectivity index (χ2v) is 4.87. The van der Waals surface area contributed by atoms with Crippen molar-refractivity contribution >= 4 is 5.91 Å². The van der Waals surface area contributed by atoms with Gasteiger partial charge in [-0.3, -0.25) is 15.1 Å². The van der Waals surface area contributed by atoms with Gasteiger partial charge in [-0.1, -0.05) is 6.92 Å². The van der Waals surface area contributed by atoms with Crippen LogP contribution in [0.4, 0.5) is 0 Å². The molecular weight excluding hydrogens is 246 g/mol. The van der Waals surface area contributed by atoms with Gasteiger partial charge >= 0.3 is 5.91 Å². The van der Waals surface area contributed by atoms with Crippen LogP contribution in [0, 0.1) is 0 Å². The molecule has 1 amide bonds. The molecule has 6 nitrogen and oxygen atoms in total. The number of nitrogens with two attached hydrogens (primary N) is 1. The van der Waals surface area contributed by atoms with Crippen LogP contribution in [0.15, 0.2) is 16.5 Å². The van der Waals surface area contributed by atoms with Gasteiger partial charge in [0.2, 0.25) is 0 Å². The molecule has 3 N–H and O–H groups in total. The summed E-state index contributed by atoms with van der Waals surface area (Å²) in [6.07, 6.45) is 1.26. The first-order chi connectivity index (χ1) is 9.13. The molecule has 0 radical (unpaired) electrons. The summed E-state index contributed by atoms with van der Waals surface area (Å²) < 4.78 is 11.1. The number of carbonyl (C=O) groups excluding carboxylic acids is 1. The SMILES string of the molecule is CCC1COC(C)CN1Cc1ccc(C(=O)NN)o1. The van der Waals surface area contributed by atoms with E-state index in [0.717, 1.165) is 25.3 Å². The predicted octanol–water partition coefficient (Wildman–Crippen LogP) is 0.882. The van der Waals surface area contributed by atoms with Crippen molar-refractivity contribution in [3.05, 3.63) is 23.7 Å². The third-order valence-electron chi connectivity index (χ3n) is 3.43. The van der Waals surface area contributed by atoms with Crippen molar-refractivity contribution in [3.63, 3.8) is 0 Å². The summed E-state index contributed by atoms with van der Waals surface area (Å²) in [6.45, 7) is 6.51. The maximum Gasteiger partial charge on any atom is 0.300 e. The Balaban J connectivity index is 2.02. The number of morpholine rings is 1. The summed E-state index contributed by atoms with van der Waals surface area (Å²) in [6, 6.07) is 3.85. The quantitative estimate of drug-likeness (QED) is 0.481. The first kappa shape index (κ1) is 14.0. The molecule has 0 saturated carbocycles. The molecule has 1 saturated heterocycles. The number of amides is 1. The van der Waals surface area contributed by atoms with Crippen LogP contribution in [0.1, 0.15) is 36.6 Å². The maximum absolute atomic E-state index is 11.3. The summed E-state index contributed by atoms with van der Waals surface area (Å²) >= 11 is 0. The highest BCUT2D eigenvalue weighted by Crippen LogP contribution is 2.19. The average molecular weight is 267 g/mol. The van der Waals surface area contributed by atoms with Gasteiger partial charge < -0.3 is 9.15 Å². The lowest BCUT2D eigenvalue weighted by atomic mass is 10.1. The molecule has 19 heavy (non-hydrogen) atoms. The topological polar surface area (TPSA) is 80.7 Å². The third kappa shape index (κ3) is 3.34. The Kier molecular flexibility index (Phi) is 4.57. The largest absolute Gasteiger partial charge is 0.455 e. The van der Waals surface area contributed by atoms with Gasteiger partial charge in [0, 0.05) is 12.6 Å². The van der Waals surface area contributed by atoms with Crippen LogP contribution in [-0.2, 0) is 11.3 Å². The Morgan fingerprint density at radius 1 is 1.58 bits per heavy atom. The highest BCUT2D eigenvalue weighted by atomic mass is 16.5. The fourth-order valence-corrected chi connectivity index (χ4v) is 2.34. The highest BCUT2D eigenvalue weighted by molar-refractivity contribution is 5.90. The fraction of sp³-hybridized carbons (Fsp3) is 0.615. The molecule has 0 bridgehead atoms. The number of nitrogens with one attached hydrogen (secondary N) is 1. The fourth-order valence-electron chi connectivity index (χ4n) is 2.34. The smallest absolute Gasteiger partial charge is 0.300 e. The second-order valence-electron chi connectivity index (χ2n) is 4.87. The first-order valence-corrected chi connectivity index (χ1v) is 6.59. The molecule has 0 aromatic carbocycles.